The highest BCUT2D eigenvalue weighted by atomic mass is 79.9. The van der Waals surface area contributed by atoms with Crippen LogP contribution in [0.2, 0.25) is 0 Å². The SMILES string of the molecule is Cc1cc(CN)cc(S(=O)(=O)NC2CCCCC2C)c1Br. The maximum Gasteiger partial charge on any atom is 0.241 e. The Morgan fingerprint density at radius 3 is 2.62 bits per heavy atom. The van der Waals surface area contributed by atoms with Crippen LogP contribution in [0.1, 0.15) is 43.7 Å². The Hall–Kier alpha value is -0.430. The van der Waals surface area contributed by atoms with Crippen LogP contribution in [-0.4, -0.2) is 14.5 Å². The van der Waals surface area contributed by atoms with E-state index in [1.807, 2.05) is 13.0 Å². The highest BCUT2D eigenvalue weighted by Crippen LogP contribution is 2.30. The first-order chi connectivity index (χ1) is 9.85. The van der Waals surface area contributed by atoms with Crippen LogP contribution < -0.4 is 10.5 Å². The molecular weight excluding hydrogens is 352 g/mol. The fourth-order valence-electron chi connectivity index (χ4n) is 2.88. The third kappa shape index (κ3) is 3.86. The summed E-state index contributed by atoms with van der Waals surface area (Å²) in [6.07, 6.45) is 4.26. The van der Waals surface area contributed by atoms with Crippen LogP contribution in [0.4, 0.5) is 0 Å². The Labute approximate surface area is 135 Å². The topological polar surface area (TPSA) is 72.2 Å². The van der Waals surface area contributed by atoms with Crippen LogP contribution >= 0.6 is 15.9 Å². The minimum atomic E-state index is -3.53. The van der Waals surface area contributed by atoms with Gasteiger partial charge in [-0.1, -0.05) is 25.8 Å². The summed E-state index contributed by atoms with van der Waals surface area (Å²) in [4.78, 5) is 0.292. The lowest BCUT2D eigenvalue weighted by molar-refractivity contribution is 0.310. The molecule has 1 aromatic rings. The van der Waals surface area contributed by atoms with Crippen LogP contribution in [0.25, 0.3) is 0 Å². The number of sulfonamides is 1. The molecule has 0 aromatic heterocycles. The molecule has 0 radical (unpaired) electrons. The van der Waals surface area contributed by atoms with Crippen molar-refractivity contribution >= 4 is 26.0 Å². The zero-order valence-corrected chi connectivity index (χ0v) is 14.9. The number of hydrogen-bond donors (Lipinski definition) is 2. The van der Waals surface area contributed by atoms with Gasteiger partial charge < -0.3 is 5.73 Å². The fourth-order valence-corrected chi connectivity index (χ4v) is 5.32. The number of hydrogen-bond acceptors (Lipinski definition) is 3. The molecule has 1 aromatic carbocycles. The molecule has 21 heavy (non-hydrogen) atoms. The molecule has 0 amide bonds. The standard InChI is InChI=1S/C15H23BrN2O2S/c1-10-5-3-4-6-13(10)18-21(19,20)14-8-12(9-17)7-11(2)15(14)16/h7-8,10,13,18H,3-6,9,17H2,1-2H3. The number of nitrogens with two attached hydrogens (primary N) is 1. The summed E-state index contributed by atoms with van der Waals surface area (Å²) in [5.74, 6) is 0.381. The third-order valence-electron chi connectivity index (χ3n) is 4.22. The van der Waals surface area contributed by atoms with Gasteiger partial charge in [-0.2, -0.15) is 0 Å². The number of rotatable bonds is 4. The van der Waals surface area contributed by atoms with E-state index < -0.39 is 10.0 Å². The maximum absolute atomic E-state index is 12.7. The summed E-state index contributed by atoms with van der Waals surface area (Å²) in [7, 11) is -3.53. The number of aryl methyl sites for hydroxylation is 1. The Morgan fingerprint density at radius 1 is 1.33 bits per heavy atom. The lowest BCUT2D eigenvalue weighted by Gasteiger charge is -2.29. The lowest BCUT2D eigenvalue weighted by atomic mass is 9.87. The van der Waals surface area contributed by atoms with Crippen molar-refractivity contribution < 1.29 is 8.42 Å². The van der Waals surface area contributed by atoms with Crippen molar-refractivity contribution in [3.8, 4) is 0 Å². The van der Waals surface area contributed by atoms with Gasteiger partial charge in [0.1, 0.15) is 0 Å². The van der Waals surface area contributed by atoms with E-state index in [0.717, 1.165) is 30.4 Å². The molecule has 1 aliphatic rings. The Morgan fingerprint density at radius 2 is 2.00 bits per heavy atom. The minimum absolute atomic E-state index is 0.0255. The van der Waals surface area contributed by atoms with E-state index in [-0.39, 0.29) is 6.04 Å². The van der Waals surface area contributed by atoms with Gasteiger partial charge >= 0.3 is 0 Å². The fraction of sp³-hybridized carbons (Fsp3) is 0.600. The second kappa shape index (κ2) is 6.77. The highest BCUT2D eigenvalue weighted by Gasteiger charge is 2.28. The van der Waals surface area contributed by atoms with Crippen molar-refractivity contribution in [3.05, 3.63) is 27.7 Å². The zero-order chi connectivity index (χ0) is 15.6. The molecule has 0 bridgehead atoms. The molecule has 1 fully saturated rings. The van der Waals surface area contributed by atoms with E-state index in [4.69, 9.17) is 5.73 Å². The van der Waals surface area contributed by atoms with E-state index in [2.05, 4.69) is 27.6 Å². The predicted octanol–water partition coefficient (Wildman–Crippen LogP) is 3.07. The molecule has 0 aliphatic heterocycles. The first-order valence-corrected chi connectivity index (χ1v) is 9.64. The maximum atomic E-state index is 12.7. The quantitative estimate of drug-likeness (QED) is 0.850. The normalized spacial score (nSPS) is 23.2. The van der Waals surface area contributed by atoms with E-state index in [9.17, 15) is 8.42 Å². The van der Waals surface area contributed by atoms with Gasteiger partial charge in [0.25, 0.3) is 0 Å². The largest absolute Gasteiger partial charge is 0.326 e. The molecule has 4 nitrogen and oxygen atoms in total. The number of halogens is 1. The molecule has 2 rings (SSSR count). The average molecular weight is 375 g/mol. The molecule has 118 valence electrons. The number of benzene rings is 1. The van der Waals surface area contributed by atoms with Gasteiger partial charge in [-0.05, 0) is 58.8 Å². The van der Waals surface area contributed by atoms with Crippen molar-refractivity contribution in [1.29, 1.82) is 0 Å². The molecule has 0 heterocycles. The summed E-state index contributed by atoms with van der Waals surface area (Å²) in [5, 5.41) is 0. The molecule has 1 saturated carbocycles. The van der Waals surface area contributed by atoms with E-state index in [1.165, 1.54) is 6.42 Å². The summed E-state index contributed by atoms with van der Waals surface area (Å²) < 4.78 is 28.9. The zero-order valence-electron chi connectivity index (χ0n) is 12.5. The van der Waals surface area contributed by atoms with Gasteiger partial charge in [0.05, 0.1) is 4.90 Å². The van der Waals surface area contributed by atoms with Gasteiger partial charge in [-0.15, -0.1) is 0 Å². The highest BCUT2D eigenvalue weighted by molar-refractivity contribution is 9.10. The molecule has 3 N–H and O–H groups in total. The Bertz CT molecular complexity index is 616. The lowest BCUT2D eigenvalue weighted by Crippen LogP contribution is -2.41. The van der Waals surface area contributed by atoms with Crippen molar-refractivity contribution in [2.45, 2.75) is 57.0 Å². The monoisotopic (exact) mass is 374 g/mol. The van der Waals surface area contributed by atoms with Crippen LogP contribution in [0.15, 0.2) is 21.5 Å². The average Bonchev–Trinajstić information content (AvgIpc) is 2.43. The molecule has 0 saturated heterocycles. The molecule has 2 atom stereocenters. The van der Waals surface area contributed by atoms with Gasteiger partial charge in [0, 0.05) is 17.1 Å². The van der Waals surface area contributed by atoms with Crippen LogP contribution in [0.3, 0.4) is 0 Å². The minimum Gasteiger partial charge on any atom is -0.326 e. The van der Waals surface area contributed by atoms with Gasteiger partial charge in [-0.3, -0.25) is 0 Å². The Kier molecular flexibility index (Phi) is 5.46. The second-order valence-corrected chi connectivity index (χ2v) is 8.39. The van der Waals surface area contributed by atoms with Gasteiger partial charge in [0.15, 0.2) is 0 Å². The predicted molar refractivity (Wildman–Crippen MR) is 88.5 cm³/mol. The second-order valence-electron chi connectivity index (χ2n) is 5.92. The van der Waals surface area contributed by atoms with Crippen molar-refractivity contribution in [2.24, 2.45) is 11.7 Å². The van der Waals surface area contributed by atoms with Crippen LogP contribution in [0, 0.1) is 12.8 Å². The van der Waals surface area contributed by atoms with E-state index in [0.29, 0.717) is 21.8 Å². The molecular formula is C15H23BrN2O2S. The first-order valence-electron chi connectivity index (χ1n) is 7.36. The van der Waals surface area contributed by atoms with Crippen molar-refractivity contribution in [1.82, 2.24) is 4.72 Å². The van der Waals surface area contributed by atoms with E-state index >= 15 is 0 Å². The summed E-state index contributed by atoms with van der Waals surface area (Å²) >= 11 is 3.40. The van der Waals surface area contributed by atoms with Gasteiger partial charge in [0.2, 0.25) is 10.0 Å². The molecule has 1 aliphatic carbocycles. The number of nitrogens with one attached hydrogen (secondary N) is 1. The smallest absolute Gasteiger partial charge is 0.241 e. The summed E-state index contributed by atoms with van der Waals surface area (Å²) in [6.45, 7) is 4.32. The molecule has 6 heteroatoms. The van der Waals surface area contributed by atoms with Gasteiger partial charge in [-0.25, -0.2) is 13.1 Å². The summed E-state index contributed by atoms with van der Waals surface area (Å²) in [6, 6.07) is 3.59. The molecule has 2 unspecified atom stereocenters. The van der Waals surface area contributed by atoms with E-state index in [1.54, 1.807) is 6.07 Å². The summed E-state index contributed by atoms with van der Waals surface area (Å²) in [5.41, 5.74) is 7.37. The van der Waals surface area contributed by atoms with Crippen LogP contribution in [-0.2, 0) is 16.6 Å². The Balaban J connectivity index is 2.33. The third-order valence-corrected chi connectivity index (χ3v) is 7.05. The van der Waals surface area contributed by atoms with Crippen LogP contribution in [0.5, 0.6) is 0 Å². The van der Waals surface area contributed by atoms with Crippen molar-refractivity contribution in [2.75, 3.05) is 0 Å². The van der Waals surface area contributed by atoms with Crippen molar-refractivity contribution in [3.63, 3.8) is 0 Å². The first kappa shape index (κ1) is 16.9. The molecule has 0 spiro atoms.